The molecule has 5 rings (SSSR count). The van der Waals surface area contributed by atoms with Crippen molar-refractivity contribution >= 4 is 40.3 Å². The summed E-state index contributed by atoms with van der Waals surface area (Å²) in [5.74, 6) is 0.750. The Bertz CT molecular complexity index is 647. The smallest absolute Gasteiger partial charge is 0.261 e. The maximum absolute atomic E-state index is 12.5. The highest BCUT2D eigenvalue weighted by Gasteiger charge is 2.35. The van der Waals surface area contributed by atoms with E-state index in [1.54, 1.807) is 34.4 Å². The van der Waals surface area contributed by atoms with Crippen molar-refractivity contribution in [2.75, 3.05) is 19.6 Å². The lowest BCUT2D eigenvalue weighted by atomic mass is 9.84. The number of aromatic nitrogens is 1. The maximum atomic E-state index is 12.5. The summed E-state index contributed by atoms with van der Waals surface area (Å²) in [5.41, 5.74) is 1.83. The number of amides is 1. The van der Waals surface area contributed by atoms with Crippen LogP contribution in [0.3, 0.4) is 0 Å². The third-order valence-electron chi connectivity index (χ3n) is 4.39. The quantitative estimate of drug-likeness (QED) is 0.919. The van der Waals surface area contributed by atoms with Gasteiger partial charge in [0, 0.05) is 12.6 Å². The number of hydrogen-bond donors (Lipinski definition) is 1. The molecule has 0 radical (unpaired) electrons. The van der Waals surface area contributed by atoms with Gasteiger partial charge in [0.2, 0.25) is 0 Å². The lowest BCUT2D eigenvalue weighted by Gasteiger charge is -2.44. The predicted octanol–water partition coefficient (Wildman–Crippen LogP) is 3.18. The number of piperidine rings is 3. The Labute approximate surface area is 141 Å². The zero-order valence-electron chi connectivity index (χ0n) is 12.0. The van der Waals surface area contributed by atoms with E-state index in [-0.39, 0.29) is 5.91 Å². The molecular formula is C15H17N3OS3. The number of thiophene rings is 1. The molecule has 2 bridgehead atoms. The van der Waals surface area contributed by atoms with E-state index in [4.69, 9.17) is 0 Å². The van der Waals surface area contributed by atoms with Crippen molar-refractivity contribution in [1.29, 1.82) is 0 Å². The average Bonchev–Trinajstić information content (AvgIpc) is 3.21. The molecule has 22 heavy (non-hydrogen) atoms. The summed E-state index contributed by atoms with van der Waals surface area (Å²) in [6.45, 7) is 3.42. The van der Waals surface area contributed by atoms with E-state index in [2.05, 4.69) is 15.2 Å². The molecule has 7 heteroatoms. The van der Waals surface area contributed by atoms with Crippen LogP contribution in [0.5, 0.6) is 0 Å². The van der Waals surface area contributed by atoms with Crippen LogP contribution >= 0.6 is 34.4 Å². The Morgan fingerprint density at radius 3 is 2.86 bits per heavy atom. The molecule has 4 nitrogen and oxygen atoms in total. The average molecular weight is 352 g/mol. The van der Waals surface area contributed by atoms with E-state index in [0.717, 1.165) is 19.8 Å². The van der Waals surface area contributed by atoms with Gasteiger partial charge < -0.3 is 10.2 Å². The van der Waals surface area contributed by atoms with Crippen LogP contribution < -0.4 is 5.32 Å². The number of rotatable bonds is 4. The summed E-state index contributed by atoms with van der Waals surface area (Å²) in [6.07, 6.45) is 4.31. The molecule has 1 atom stereocenters. The number of carbonyl (C=O) groups excluding carboxylic acids is 1. The van der Waals surface area contributed by atoms with Crippen LogP contribution in [0.25, 0.3) is 0 Å². The maximum Gasteiger partial charge on any atom is 0.261 e. The number of fused-ring (bicyclic) bond motifs is 3. The molecule has 3 aliphatic heterocycles. The van der Waals surface area contributed by atoms with Crippen LogP contribution in [0, 0.1) is 5.92 Å². The van der Waals surface area contributed by atoms with Crippen molar-refractivity contribution in [1.82, 2.24) is 15.2 Å². The summed E-state index contributed by atoms with van der Waals surface area (Å²) in [7, 11) is 0. The van der Waals surface area contributed by atoms with Gasteiger partial charge in [-0.05, 0) is 44.0 Å². The van der Waals surface area contributed by atoms with Crippen molar-refractivity contribution in [3.8, 4) is 0 Å². The molecule has 1 unspecified atom stereocenters. The minimum absolute atomic E-state index is 0.0832. The van der Waals surface area contributed by atoms with Gasteiger partial charge in [0.05, 0.1) is 25.0 Å². The van der Waals surface area contributed by atoms with Gasteiger partial charge in [-0.1, -0.05) is 11.8 Å². The molecule has 116 valence electrons. The van der Waals surface area contributed by atoms with Gasteiger partial charge in [0.25, 0.3) is 5.91 Å². The lowest BCUT2D eigenvalue weighted by molar-refractivity contribution is 0.0622. The monoisotopic (exact) mass is 351 g/mol. The first-order chi connectivity index (χ1) is 10.8. The van der Waals surface area contributed by atoms with E-state index in [1.807, 2.05) is 23.8 Å². The molecule has 0 aromatic carbocycles. The highest BCUT2D eigenvalue weighted by molar-refractivity contribution is 8.02. The molecule has 3 saturated heterocycles. The second-order valence-electron chi connectivity index (χ2n) is 5.76. The number of carbonyl (C=O) groups is 1. The summed E-state index contributed by atoms with van der Waals surface area (Å²) < 4.78 is 2.30. The Balaban J connectivity index is 1.39. The Morgan fingerprint density at radius 2 is 2.18 bits per heavy atom. The van der Waals surface area contributed by atoms with Gasteiger partial charge in [-0.25, -0.2) is 0 Å². The summed E-state index contributed by atoms with van der Waals surface area (Å²) >= 11 is 4.87. The largest absolute Gasteiger partial charge is 0.347 e. The van der Waals surface area contributed by atoms with E-state index in [0.29, 0.717) is 12.0 Å². The zero-order chi connectivity index (χ0) is 14.9. The molecule has 3 aliphatic rings. The third kappa shape index (κ3) is 3.08. The van der Waals surface area contributed by atoms with Gasteiger partial charge in [-0.15, -0.1) is 22.7 Å². The van der Waals surface area contributed by atoms with Gasteiger partial charge in [-0.3, -0.25) is 9.78 Å². The van der Waals surface area contributed by atoms with E-state index in [9.17, 15) is 4.79 Å². The second-order valence-corrected chi connectivity index (χ2v) is 9.33. The number of nitrogens with one attached hydrogen (secondary N) is 1. The lowest BCUT2D eigenvalue weighted by Crippen LogP contribution is -2.57. The number of hydrogen-bond acceptors (Lipinski definition) is 6. The summed E-state index contributed by atoms with van der Waals surface area (Å²) in [5, 5.41) is 3.25. The first kappa shape index (κ1) is 14.7. The van der Waals surface area contributed by atoms with Crippen LogP contribution in [0.4, 0.5) is 0 Å². The van der Waals surface area contributed by atoms with Crippen LogP contribution in [-0.2, 0) is 0 Å². The fourth-order valence-electron chi connectivity index (χ4n) is 3.22. The predicted molar refractivity (Wildman–Crippen MR) is 91.0 cm³/mol. The van der Waals surface area contributed by atoms with Crippen molar-refractivity contribution < 1.29 is 4.79 Å². The topological polar surface area (TPSA) is 45.2 Å². The minimum Gasteiger partial charge on any atom is -0.347 e. The van der Waals surface area contributed by atoms with Gasteiger partial charge >= 0.3 is 0 Å². The molecule has 0 saturated carbocycles. The van der Waals surface area contributed by atoms with E-state index in [1.165, 1.54) is 25.9 Å². The Morgan fingerprint density at radius 1 is 1.32 bits per heavy atom. The van der Waals surface area contributed by atoms with Crippen LogP contribution in [0.1, 0.15) is 22.5 Å². The summed E-state index contributed by atoms with van der Waals surface area (Å²) in [6, 6.07) is 4.29. The van der Waals surface area contributed by atoms with Gasteiger partial charge in [0.15, 0.2) is 0 Å². The van der Waals surface area contributed by atoms with Crippen LogP contribution in [-0.4, -0.2) is 41.5 Å². The molecule has 5 heterocycles. The normalized spacial score (nSPS) is 27.0. The van der Waals surface area contributed by atoms with Crippen LogP contribution in [0.15, 0.2) is 32.3 Å². The molecule has 1 N–H and O–H groups in total. The molecule has 3 fully saturated rings. The summed E-state index contributed by atoms with van der Waals surface area (Å²) in [4.78, 5) is 19.8. The number of nitrogens with zero attached hydrogens (tertiary/aromatic N) is 2. The van der Waals surface area contributed by atoms with Gasteiger partial charge in [0.1, 0.15) is 0 Å². The van der Waals surface area contributed by atoms with E-state index >= 15 is 0 Å². The Hall–Kier alpha value is -0.890. The molecule has 0 aliphatic carbocycles. The number of thiazole rings is 1. The molecule has 2 aromatic rings. The van der Waals surface area contributed by atoms with Crippen molar-refractivity contribution in [3.05, 3.63) is 28.7 Å². The van der Waals surface area contributed by atoms with Crippen molar-refractivity contribution in [3.63, 3.8) is 0 Å². The standard InChI is InChI=1S/C15H17N3OS3/c19-15(17-11-8-18-5-3-10(11)4-6-18)12-1-2-13(21-12)22-14-7-16-9-20-14/h1-2,7,9-11H,3-6,8H2,(H,17,19). The SMILES string of the molecule is O=C(NC1CN2CCC1CC2)c1ccc(Sc2cncs2)s1. The highest BCUT2D eigenvalue weighted by atomic mass is 32.2. The molecule has 2 aromatic heterocycles. The van der Waals surface area contributed by atoms with Crippen molar-refractivity contribution in [2.45, 2.75) is 27.3 Å². The highest BCUT2D eigenvalue weighted by Crippen LogP contribution is 2.35. The van der Waals surface area contributed by atoms with Gasteiger partial charge in [-0.2, -0.15) is 0 Å². The minimum atomic E-state index is 0.0832. The second kappa shape index (κ2) is 6.31. The fraction of sp³-hybridized carbons (Fsp3) is 0.467. The third-order valence-corrected chi connectivity index (χ3v) is 7.51. The van der Waals surface area contributed by atoms with Crippen molar-refractivity contribution in [2.24, 2.45) is 5.92 Å². The fourth-order valence-corrected chi connectivity index (χ4v) is 6.11. The Kier molecular flexibility index (Phi) is 4.21. The zero-order valence-corrected chi connectivity index (χ0v) is 14.5. The van der Waals surface area contributed by atoms with Crippen LogP contribution in [0.2, 0.25) is 0 Å². The molecule has 0 spiro atoms. The first-order valence-corrected chi connectivity index (χ1v) is 9.98. The first-order valence-electron chi connectivity index (χ1n) is 7.47. The molecular weight excluding hydrogens is 334 g/mol. The molecule has 1 amide bonds. The van der Waals surface area contributed by atoms with E-state index < -0.39 is 0 Å².